The fraction of sp³-hybridized carbons (Fsp3) is 0.0833. The van der Waals surface area contributed by atoms with Crippen LogP contribution >= 0.6 is 11.8 Å². The lowest BCUT2D eigenvalue weighted by molar-refractivity contribution is 0.972. The lowest BCUT2D eigenvalue weighted by Gasteiger charge is -2.01. The molecule has 2 aromatic heterocycles. The molecule has 0 saturated heterocycles. The van der Waals surface area contributed by atoms with Gasteiger partial charge in [0.05, 0.1) is 11.2 Å². The van der Waals surface area contributed by atoms with Gasteiger partial charge in [-0.05, 0) is 12.1 Å². The van der Waals surface area contributed by atoms with Crippen LogP contribution in [0.4, 0.5) is 5.95 Å². The van der Waals surface area contributed by atoms with E-state index < -0.39 is 0 Å². The number of hydrogen-bond acceptors (Lipinski definition) is 5. The Morgan fingerprint density at radius 3 is 2.83 bits per heavy atom. The van der Waals surface area contributed by atoms with E-state index in [1.54, 1.807) is 0 Å². The molecule has 1 aromatic carbocycles. The fourth-order valence-corrected chi connectivity index (χ4v) is 2.36. The molecule has 0 fully saturated rings. The molecule has 0 aliphatic carbocycles. The Bertz CT molecular complexity index is 679. The quantitative estimate of drug-likeness (QED) is 0.703. The topological polar surface area (TPSA) is 80.5 Å². The summed E-state index contributed by atoms with van der Waals surface area (Å²) in [6, 6.07) is 12.1. The standard InChI is InChI=1S/C12H11N5S/c13-11-15-12(17-16-11)18-7-9-6-5-8-3-1-2-4-10(8)14-9/h1-6H,7H2,(H3,13,15,16,17). The van der Waals surface area contributed by atoms with Crippen LogP contribution < -0.4 is 5.73 Å². The van der Waals surface area contributed by atoms with Crippen molar-refractivity contribution in [2.75, 3.05) is 5.73 Å². The Kier molecular flexibility index (Phi) is 2.85. The van der Waals surface area contributed by atoms with Crippen molar-refractivity contribution in [2.45, 2.75) is 10.9 Å². The summed E-state index contributed by atoms with van der Waals surface area (Å²) in [4.78, 5) is 8.61. The molecule has 0 spiro atoms. The molecule has 0 unspecified atom stereocenters. The highest BCUT2D eigenvalue weighted by molar-refractivity contribution is 7.98. The zero-order valence-electron chi connectivity index (χ0n) is 9.50. The number of thioether (sulfide) groups is 1. The van der Waals surface area contributed by atoms with Crippen LogP contribution in [0.25, 0.3) is 10.9 Å². The van der Waals surface area contributed by atoms with Crippen molar-refractivity contribution in [3.8, 4) is 0 Å². The highest BCUT2D eigenvalue weighted by Crippen LogP contribution is 2.20. The number of aromatic amines is 1. The highest BCUT2D eigenvalue weighted by Gasteiger charge is 2.03. The van der Waals surface area contributed by atoms with E-state index in [9.17, 15) is 0 Å². The molecule has 0 amide bonds. The minimum Gasteiger partial charge on any atom is -0.368 e. The predicted molar refractivity (Wildman–Crippen MR) is 72.1 cm³/mol. The van der Waals surface area contributed by atoms with E-state index in [2.05, 4.69) is 32.3 Å². The summed E-state index contributed by atoms with van der Waals surface area (Å²) in [5, 5.41) is 8.37. The third-order valence-electron chi connectivity index (χ3n) is 2.49. The number of benzene rings is 1. The Morgan fingerprint density at radius 2 is 2.00 bits per heavy atom. The number of hydrogen-bond donors (Lipinski definition) is 2. The number of para-hydroxylation sites is 1. The summed E-state index contributed by atoms with van der Waals surface area (Å²) in [6.45, 7) is 0. The molecule has 3 aromatic rings. The summed E-state index contributed by atoms with van der Waals surface area (Å²) < 4.78 is 0. The molecule has 0 atom stereocenters. The number of nitrogens with two attached hydrogens (primary N) is 1. The summed E-state index contributed by atoms with van der Waals surface area (Å²) >= 11 is 1.51. The average Bonchev–Trinajstić information content (AvgIpc) is 2.82. The van der Waals surface area contributed by atoms with E-state index in [1.807, 2.05) is 24.3 Å². The first-order valence-corrected chi connectivity index (χ1v) is 6.45. The first kappa shape index (κ1) is 11.0. The van der Waals surface area contributed by atoms with Crippen LogP contribution in [0.5, 0.6) is 0 Å². The molecule has 3 N–H and O–H groups in total. The van der Waals surface area contributed by atoms with Gasteiger partial charge in [0.1, 0.15) is 0 Å². The molecule has 0 radical (unpaired) electrons. The van der Waals surface area contributed by atoms with Crippen LogP contribution in [0, 0.1) is 0 Å². The van der Waals surface area contributed by atoms with Gasteiger partial charge in [0.25, 0.3) is 0 Å². The fourth-order valence-electron chi connectivity index (χ4n) is 1.65. The average molecular weight is 257 g/mol. The molecule has 0 aliphatic rings. The van der Waals surface area contributed by atoms with Gasteiger partial charge in [-0.25, -0.2) is 5.10 Å². The van der Waals surface area contributed by atoms with Gasteiger partial charge in [0.15, 0.2) is 0 Å². The number of anilines is 1. The summed E-state index contributed by atoms with van der Waals surface area (Å²) in [5.41, 5.74) is 7.47. The van der Waals surface area contributed by atoms with E-state index >= 15 is 0 Å². The smallest absolute Gasteiger partial charge is 0.216 e. The molecule has 0 saturated carbocycles. The summed E-state index contributed by atoms with van der Waals surface area (Å²) in [5.74, 6) is 1.06. The lowest BCUT2D eigenvalue weighted by atomic mass is 10.2. The van der Waals surface area contributed by atoms with Crippen molar-refractivity contribution in [1.82, 2.24) is 20.2 Å². The Balaban J connectivity index is 1.78. The summed E-state index contributed by atoms with van der Waals surface area (Å²) in [7, 11) is 0. The highest BCUT2D eigenvalue weighted by atomic mass is 32.2. The normalized spacial score (nSPS) is 10.9. The number of nitrogen functional groups attached to an aromatic ring is 1. The number of rotatable bonds is 3. The van der Waals surface area contributed by atoms with Crippen LogP contribution in [-0.4, -0.2) is 20.2 Å². The second-order valence-electron chi connectivity index (χ2n) is 3.79. The van der Waals surface area contributed by atoms with E-state index in [4.69, 9.17) is 5.73 Å². The van der Waals surface area contributed by atoms with Gasteiger partial charge in [-0.2, -0.15) is 4.98 Å². The second kappa shape index (κ2) is 4.66. The first-order chi connectivity index (χ1) is 8.81. The predicted octanol–water partition coefficient (Wildman–Crippen LogP) is 2.23. The van der Waals surface area contributed by atoms with Crippen LogP contribution in [0.3, 0.4) is 0 Å². The van der Waals surface area contributed by atoms with Crippen molar-refractivity contribution in [3.63, 3.8) is 0 Å². The SMILES string of the molecule is Nc1nc(SCc2ccc3ccccc3n2)n[nH]1. The van der Waals surface area contributed by atoms with Crippen molar-refractivity contribution >= 4 is 28.6 Å². The van der Waals surface area contributed by atoms with Gasteiger partial charge in [0.2, 0.25) is 11.1 Å². The van der Waals surface area contributed by atoms with Crippen LogP contribution in [0.2, 0.25) is 0 Å². The molecular weight excluding hydrogens is 246 g/mol. The van der Waals surface area contributed by atoms with Crippen LogP contribution in [0.1, 0.15) is 5.69 Å². The summed E-state index contributed by atoms with van der Waals surface area (Å²) in [6.07, 6.45) is 0. The molecule has 90 valence electrons. The minimum absolute atomic E-state index is 0.337. The lowest BCUT2D eigenvalue weighted by Crippen LogP contribution is -1.88. The Hall–Kier alpha value is -2.08. The maximum Gasteiger partial charge on any atom is 0.216 e. The molecule has 2 heterocycles. The van der Waals surface area contributed by atoms with Crippen molar-refractivity contribution in [1.29, 1.82) is 0 Å². The molecule has 5 nitrogen and oxygen atoms in total. The zero-order valence-corrected chi connectivity index (χ0v) is 10.3. The maximum atomic E-state index is 5.46. The number of H-pyrrole nitrogens is 1. The third-order valence-corrected chi connectivity index (χ3v) is 3.37. The van der Waals surface area contributed by atoms with Crippen LogP contribution in [0.15, 0.2) is 41.6 Å². The largest absolute Gasteiger partial charge is 0.368 e. The van der Waals surface area contributed by atoms with Crippen molar-refractivity contribution in [3.05, 3.63) is 42.1 Å². The van der Waals surface area contributed by atoms with E-state index in [0.29, 0.717) is 11.1 Å². The van der Waals surface area contributed by atoms with Crippen molar-refractivity contribution < 1.29 is 0 Å². The van der Waals surface area contributed by atoms with E-state index in [-0.39, 0.29) is 0 Å². The molecular formula is C12H11N5S. The molecule has 0 bridgehead atoms. The third kappa shape index (κ3) is 2.28. The van der Waals surface area contributed by atoms with Gasteiger partial charge in [-0.15, -0.1) is 5.10 Å². The number of fused-ring (bicyclic) bond motifs is 1. The maximum absolute atomic E-state index is 5.46. The van der Waals surface area contributed by atoms with Gasteiger partial charge in [0, 0.05) is 11.1 Å². The van der Waals surface area contributed by atoms with E-state index in [1.165, 1.54) is 11.8 Å². The molecule has 3 rings (SSSR count). The van der Waals surface area contributed by atoms with Gasteiger partial charge < -0.3 is 5.73 Å². The minimum atomic E-state index is 0.337. The monoisotopic (exact) mass is 257 g/mol. The van der Waals surface area contributed by atoms with Gasteiger partial charge >= 0.3 is 0 Å². The molecule has 0 aliphatic heterocycles. The Labute approximate surface area is 108 Å². The molecule has 6 heteroatoms. The zero-order chi connectivity index (χ0) is 12.4. The number of nitrogens with one attached hydrogen (secondary N) is 1. The molecule has 18 heavy (non-hydrogen) atoms. The van der Waals surface area contributed by atoms with Gasteiger partial charge in [-0.1, -0.05) is 36.0 Å². The Morgan fingerprint density at radius 1 is 1.11 bits per heavy atom. The van der Waals surface area contributed by atoms with Crippen LogP contribution in [-0.2, 0) is 5.75 Å². The second-order valence-corrected chi connectivity index (χ2v) is 4.73. The number of pyridine rings is 1. The first-order valence-electron chi connectivity index (χ1n) is 5.46. The van der Waals surface area contributed by atoms with Crippen molar-refractivity contribution in [2.24, 2.45) is 0 Å². The van der Waals surface area contributed by atoms with Gasteiger partial charge in [-0.3, -0.25) is 4.98 Å². The number of nitrogens with zero attached hydrogens (tertiary/aromatic N) is 3. The number of aromatic nitrogens is 4. The van der Waals surface area contributed by atoms with E-state index in [0.717, 1.165) is 22.3 Å².